The zero-order chi connectivity index (χ0) is 165. The highest BCUT2D eigenvalue weighted by molar-refractivity contribution is 6.32. The Morgan fingerprint density at radius 3 is 0.752 bits per heavy atom. The highest BCUT2D eigenvalue weighted by Crippen LogP contribution is 2.54. The second kappa shape index (κ2) is 33.2. The second-order valence-electron chi connectivity index (χ2n) is 30.9. The highest BCUT2D eigenvalue weighted by Gasteiger charge is 2.28. The predicted molar refractivity (Wildman–Crippen MR) is 600 cm³/mol. The minimum atomic E-state index is -1.08. The number of hydrogen-bond acceptors (Lipinski definition) is 3. The molecule has 141 heavy (non-hydrogen) atoms. The molecule has 0 bridgehead atoms. The van der Waals surface area contributed by atoms with Gasteiger partial charge in [-0.1, -0.05) is 417 Å². The first-order valence-electron chi connectivity index (χ1n) is 83.3. The van der Waals surface area contributed by atoms with Crippen LogP contribution < -0.4 is 0 Å². The molecule has 0 spiro atoms. The summed E-state index contributed by atoms with van der Waals surface area (Å²) >= 11 is 0. The fraction of sp³-hybridized carbons (Fsp3) is 0. The van der Waals surface area contributed by atoms with E-state index in [4.69, 9.17) is 85.9 Å². The molecule has 27 aromatic carbocycles. The molecule has 0 saturated heterocycles. The van der Waals surface area contributed by atoms with Crippen molar-refractivity contribution in [3.8, 4) is 100 Å². The van der Waals surface area contributed by atoms with Crippen LogP contribution in [-0.4, -0.2) is 0 Å². The molecule has 0 aliphatic heterocycles. The van der Waals surface area contributed by atoms with Gasteiger partial charge in [0.25, 0.3) is 0 Å². The van der Waals surface area contributed by atoms with Crippen LogP contribution in [0.2, 0.25) is 0 Å². The van der Waals surface area contributed by atoms with Gasteiger partial charge in [0.15, 0.2) is 0 Å². The molecular weight excluding hydrogens is 1710 g/mol. The highest BCUT2D eigenvalue weighted by atomic mass is 16.3. The van der Waals surface area contributed by atoms with Gasteiger partial charge in [0.05, 0.1) is 114 Å². The molecule has 30 aromatic rings. The smallest absolute Gasteiger partial charge is 0.136 e. The number of furan rings is 3. The lowest BCUT2D eigenvalue weighted by molar-refractivity contribution is 0.669. The first-order chi connectivity index (χ1) is 105. The molecule has 0 N–H and O–H groups in total. The van der Waals surface area contributed by atoms with E-state index in [1.54, 1.807) is 0 Å². The SMILES string of the molecule is [2H]c1c([2H])c([2H])c(-c2c([2H])c(-c3c4c([2H])c([2H])c([2H])c([2H])c4c(-c4c([2H])c([2H])c([2H])c5oc6c([2H])c7c([2H])c([2H])c([2H])c([2H])c7c([2H])c6c45)c4c([2H])c([2H])c([2H])c([2H])c34)c([2H])c3c([2H])c([2H])c([2H])c([2H])c23)c([2H])c1[2H].[2H]c1c([2H])c([2H])c(-c2c([2H])c([2H])c3c([2H])c(-c4c5c([2H])c([2H])c([2H])c([2H])c5c(-c5c([2H])c([2H])c([2H])c6oc7c([2H])c8c([2H])c([2H])c([2H])c([2H])c8c([2H])c7c56)c5c([2H])c([2H])c([2H])c([2H])c45)c([2H])c([2H])c3c2[2H])c([2H])c1[2H].[2H]c1c([2H])c([2H])c(-c2cc3c([2H])c([2H])c([2H])c([2H])c3c(-c3c4c([2H])c([2H])c([2H])c([2H])c4c(-c4c([2H])c([2H])c([2H])c5oc6c([2H])c7c([2H])c([2H])c([2H])c([2H])c7c([2H])c6c45)c4c([2H])c([2H])c([2H])c([2H])c34)c2[2H])c([2H])c1[2H]. The van der Waals surface area contributed by atoms with Gasteiger partial charge in [-0.15, -0.1) is 0 Å². The van der Waals surface area contributed by atoms with Crippen molar-refractivity contribution in [3.63, 3.8) is 0 Å². The fourth-order valence-electron chi connectivity index (χ4n) is 17.5. The lowest BCUT2D eigenvalue weighted by Crippen LogP contribution is -1.93. The van der Waals surface area contributed by atoms with Gasteiger partial charge in [-0.25, -0.2) is 0 Å². The molecule has 3 heteroatoms. The van der Waals surface area contributed by atoms with Crippen LogP contribution in [0, 0.1) is 0 Å². The quantitative estimate of drug-likeness (QED) is 0.135. The maximum absolute atomic E-state index is 9.99. The third-order valence-electron chi connectivity index (χ3n) is 23.3. The zero-order valence-corrected chi connectivity index (χ0v) is 70.3. The summed E-state index contributed by atoms with van der Waals surface area (Å²) in [6, 6.07) is -75.1. The first kappa shape index (κ1) is 33.4. The fourth-order valence-corrected chi connectivity index (χ4v) is 17.5. The molecule has 0 radical (unpaired) electrons. The summed E-state index contributed by atoms with van der Waals surface area (Å²) in [7, 11) is 0. The molecule has 0 aliphatic carbocycles. The van der Waals surface area contributed by atoms with Gasteiger partial charge in [-0.2, -0.15) is 0 Å². The minimum absolute atomic E-state index is 0.472. The lowest BCUT2D eigenvalue weighted by Gasteiger charge is -2.20. The number of rotatable bonds is 9. The van der Waals surface area contributed by atoms with Crippen molar-refractivity contribution < 1.29 is 127 Å². The third kappa shape index (κ3) is 13.5. The van der Waals surface area contributed by atoms with Crippen LogP contribution in [0.4, 0.5) is 0 Å². The van der Waals surface area contributed by atoms with Crippen molar-refractivity contribution in [1.82, 2.24) is 0 Å². The van der Waals surface area contributed by atoms with Gasteiger partial charge in [0.2, 0.25) is 0 Å². The third-order valence-corrected chi connectivity index (χ3v) is 23.3. The van der Waals surface area contributed by atoms with Crippen LogP contribution in [0.3, 0.4) is 0 Å². The number of fused-ring (bicyclic) bond motifs is 21. The summed E-state index contributed by atoms with van der Waals surface area (Å²) in [5.74, 6) is 0. The Balaban J connectivity index is 0.000000145. The van der Waals surface area contributed by atoms with E-state index in [2.05, 4.69) is 0 Å². The van der Waals surface area contributed by atoms with Crippen LogP contribution in [0.25, 0.3) is 295 Å². The van der Waals surface area contributed by atoms with E-state index in [9.17, 15) is 41.1 Å². The van der Waals surface area contributed by atoms with E-state index in [1.165, 1.54) is 0 Å². The summed E-state index contributed by atoms with van der Waals surface area (Å²) in [5, 5.41) is -19.2. The van der Waals surface area contributed by atoms with E-state index in [1.807, 2.05) is 0 Å². The van der Waals surface area contributed by atoms with Crippen LogP contribution in [0.15, 0.2) is 521 Å². The van der Waals surface area contributed by atoms with Gasteiger partial charge in [0.1, 0.15) is 33.5 Å². The molecule has 3 heterocycles. The molecule has 0 fully saturated rings. The molecular formula is C138H84O3. The van der Waals surface area contributed by atoms with E-state index < -0.39 is 797 Å². The van der Waals surface area contributed by atoms with Crippen LogP contribution in [-0.2, 0) is 0 Å². The van der Waals surface area contributed by atoms with Crippen molar-refractivity contribution in [1.29, 1.82) is 0 Å². The summed E-state index contributed by atoms with van der Waals surface area (Å²) in [4.78, 5) is 0. The van der Waals surface area contributed by atoms with E-state index >= 15 is 0 Å². The maximum atomic E-state index is 9.99. The van der Waals surface area contributed by atoms with Gasteiger partial charge >= 0.3 is 0 Å². The monoisotopic (exact) mass is 1870 g/mol. The summed E-state index contributed by atoms with van der Waals surface area (Å²) in [5.41, 5.74) is -17.0. The molecule has 0 unspecified atom stereocenters. The van der Waals surface area contributed by atoms with Gasteiger partial charge < -0.3 is 13.3 Å². The molecule has 30 rings (SSSR count). The maximum Gasteiger partial charge on any atom is 0.136 e. The Bertz CT molecular complexity index is 15600. The number of hydrogen-bond donors (Lipinski definition) is 0. The molecule has 0 atom stereocenters. The van der Waals surface area contributed by atoms with Crippen LogP contribution >= 0.6 is 0 Å². The van der Waals surface area contributed by atoms with Gasteiger partial charge in [-0.05, 0) is 320 Å². The normalized spacial score (nSPS) is 20.1. The predicted octanol–water partition coefficient (Wildman–Crippen LogP) is 39.6. The standard InChI is InChI=1S/3C46H28O/c1-2-11-29(12-3-1)32-21-22-34-26-35(24-23-33(34)25-32)44-36-15-6-8-17-38(36)45(39-18-9-7-16-37(39)44)40-19-10-20-42-46(40)41-27-30-13-4-5-14-31(30)28-43(41)47-42;1-2-13-29(14-3-1)40-27-33(25-32-17-6-7-18-34(32)40)44-35-19-8-10-21-37(35)45(38-22-11-9-20-36(38)44)39-23-12-24-42-46(39)41-26-30-15-4-5-16-31(30)28-43(41)47-42;1-2-13-29(14-3-1)33-25-32-17-6-7-18-34(32)40(27-33)45-37-21-10-8-19-35(37)44(36-20-9-11-22-38(36)45)39-23-12-24-42-46(39)41-26-30-15-4-5-16-31(30)28-43(41)47-42/h3*1-28H/i2*1D,2D,3D,4D,5D,6D,7D,8D,9D,10D,11D,12D,13D,14D,15D,16D,17D,18D,19D,20D,21D,22D,23D,24D,25D,26D,27D,28D;1D,2D,3D,4D,5D,6D,7D,8D,9D,10D,11D,12D,13D,14D,15D,16D,17D,18D,19D,20D,21D,22D,23D,24D,26D,27D,28D. The van der Waals surface area contributed by atoms with Gasteiger partial charge in [0, 0.05) is 32.3 Å². The summed E-state index contributed by atoms with van der Waals surface area (Å²) in [6.07, 6.45) is 0. The Kier molecular flexibility index (Phi) is 7.87. The van der Waals surface area contributed by atoms with Crippen LogP contribution in [0.1, 0.15) is 114 Å². The molecule has 3 aromatic heterocycles. The summed E-state index contributed by atoms with van der Waals surface area (Å²) < 4.78 is 767. The largest absolute Gasteiger partial charge is 0.456 e. The second-order valence-corrected chi connectivity index (χ2v) is 30.9. The van der Waals surface area contributed by atoms with Crippen molar-refractivity contribution in [3.05, 3.63) is 508 Å². The lowest BCUT2D eigenvalue weighted by atomic mass is 9.83. The van der Waals surface area contributed by atoms with E-state index in [0.29, 0.717) is 0 Å². The molecule has 3 nitrogen and oxygen atoms in total. The number of benzene rings is 27. The first-order valence-corrected chi connectivity index (χ1v) is 41.8. The van der Waals surface area contributed by atoms with Crippen molar-refractivity contribution in [2.24, 2.45) is 0 Å². The Hall–Kier alpha value is -18.5. The van der Waals surface area contributed by atoms with Gasteiger partial charge in [-0.3, -0.25) is 0 Å². The average molecular weight is 1870 g/mol. The Morgan fingerprint density at radius 2 is 0.376 bits per heavy atom. The van der Waals surface area contributed by atoms with E-state index in [-0.39, 0.29) is 0 Å². The van der Waals surface area contributed by atoms with Crippen molar-refractivity contribution in [2.75, 3.05) is 0 Å². The summed E-state index contributed by atoms with van der Waals surface area (Å²) in [6.45, 7) is 0. The van der Waals surface area contributed by atoms with Crippen LogP contribution in [0.5, 0.6) is 0 Å². The molecule has 0 amide bonds. The Labute approximate surface area is 928 Å². The molecule has 654 valence electrons. The topological polar surface area (TPSA) is 39.4 Å². The molecule has 0 aliphatic rings. The van der Waals surface area contributed by atoms with E-state index in [0.717, 1.165) is 6.07 Å². The Morgan fingerprint density at radius 1 is 0.121 bits per heavy atom. The molecule has 0 saturated carbocycles. The zero-order valence-electron chi connectivity index (χ0n) is 153. The average Bonchev–Trinajstić information content (AvgIpc) is 1.25. The minimum Gasteiger partial charge on any atom is -0.456 e. The van der Waals surface area contributed by atoms with Crippen molar-refractivity contribution in [2.45, 2.75) is 0 Å². The van der Waals surface area contributed by atoms with Crippen molar-refractivity contribution >= 4 is 195 Å².